The van der Waals surface area contributed by atoms with Crippen molar-refractivity contribution in [1.82, 2.24) is 9.88 Å². The molecule has 0 unspecified atom stereocenters. The SMILES string of the molecule is COCC(C)(C)c1c(-c2ccc(C(=O)NCC3(O)COC3)cc2)c2cc3c(cc2n1-c1ccc(F)cc1)C=NC3. The molecule has 3 heterocycles. The van der Waals surface area contributed by atoms with E-state index in [-0.39, 0.29) is 31.5 Å². The van der Waals surface area contributed by atoms with Gasteiger partial charge in [-0.15, -0.1) is 0 Å². The highest BCUT2D eigenvalue weighted by Gasteiger charge is 2.36. The highest BCUT2D eigenvalue weighted by Crippen LogP contribution is 2.44. The molecule has 0 spiro atoms. The summed E-state index contributed by atoms with van der Waals surface area (Å²) < 4.78 is 26.9. The van der Waals surface area contributed by atoms with Gasteiger partial charge in [0.05, 0.1) is 38.4 Å². The summed E-state index contributed by atoms with van der Waals surface area (Å²) in [5, 5.41) is 14.1. The summed E-state index contributed by atoms with van der Waals surface area (Å²) in [6, 6.07) is 18.4. The highest BCUT2D eigenvalue weighted by molar-refractivity contribution is 6.04. The van der Waals surface area contributed by atoms with E-state index in [1.54, 1.807) is 31.4 Å². The second-order valence-electron chi connectivity index (χ2n) is 11.4. The minimum atomic E-state index is -0.996. The Balaban J connectivity index is 1.51. The molecule has 1 amide bonds. The second kappa shape index (κ2) is 9.96. The fraction of sp³-hybridized carbons (Fsp3) is 0.312. The number of fused-ring (bicyclic) bond motifs is 2. The average Bonchev–Trinajstić information content (AvgIpc) is 3.52. The van der Waals surface area contributed by atoms with Crippen molar-refractivity contribution in [3.8, 4) is 16.8 Å². The number of aliphatic hydroxyl groups is 1. The minimum Gasteiger partial charge on any atom is -0.384 e. The van der Waals surface area contributed by atoms with E-state index in [2.05, 4.69) is 40.9 Å². The standard InChI is InChI=1S/C32H32FN3O4/c1-31(2,17-39-3)29-28(20-4-6-21(7-5-20)30(37)35-16-32(38)18-40-19-32)26-12-22-14-34-15-23(22)13-27(26)36(29)25-10-8-24(33)9-11-25/h4-13,15,38H,14,16-19H2,1-3H3,(H,35,37). The Bertz CT molecular complexity index is 1620. The first kappa shape index (κ1) is 26.4. The van der Waals surface area contributed by atoms with Gasteiger partial charge in [0.15, 0.2) is 0 Å². The molecule has 6 rings (SSSR count). The molecule has 4 aromatic rings. The van der Waals surface area contributed by atoms with Crippen LogP contribution in [0, 0.1) is 5.82 Å². The quantitative estimate of drug-likeness (QED) is 0.336. The molecule has 206 valence electrons. The summed E-state index contributed by atoms with van der Waals surface area (Å²) in [6.45, 7) is 5.95. The summed E-state index contributed by atoms with van der Waals surface area (Å²) in [4.78, 5) is 17.3. The molecule has 2 N–H and O–H groups in total. The molecule has 7 nitrogen and oxygen atoms in total. The first-order valence-corrected chi connectivity index (χ1v) is 13.3. The van der Waals surface area contributed by atoms with Crippen molar-refractivity contribution in [2.24, 2.45) is 4.99 Å². The van der Waals surface area contributed by atoms with Gasteiger partial charge < -0.3 is 24.5 Å². The van der Waals surface area contributed by atoms with Crippen LogP contribution in [0.4, 0.5) is 4.39 Å². The van der Waals surface area contributed by atoms with Gasteiger partial charge in [-0.05, 0) is 65.2 Å². The number of ether oxygens (including phenoxy) is 2. The van der Waals surface area contributed by atoms with Gasteiger partial charge in [0.1, 0.15) is 11.4 Å². The Morgan fingerprint density at radius 3 is 2.52 bits per heavy atom. The Labute approximate surface area is 232 Å². The second-order valence-corrected chi connectivity index (χ2v) is 11.4. The summed E-state index contributed by atoms with van der Waals surface area (Å²) >= 11 is 0. The van der Waals surface area contributed by atoms with Crippen LogP contribution in [0.5, 0.6) is 0 Å². The zero-order valence-corrected chi connectivity index (χ0v) is 22.8. The zero-order chi connectivity index (χ0) is 28.1. The topological polar surface area (TPSA) is 85.1 Å². The first-order valence-electron chi connectivity index (χ1n) is 13.3. The number of nitrogens with one attached hydrogen (secondary N) is 1. The van der Waals surface area contributed by atoms with Crippen LogP contribution in [-0.2, 0) is 21.4 Å². The van der Waals surface area contributed by atoms with Crippen molar-refractivity contribution < 1.29 is 23.8 Å². The maximum atomic E-state index is 14.0. The number of benzene rings is 3. The molecule has 40 heavy (non-hydrogen) atoms. The number of halogens is 1. The largest absolute Gasteiger partial charge is 0.384 e. The molecular formula is C32H32FN3O4. The van der Waals surface area contributed by atoms with Gasteiger partial charge in [-0.1, -0.05) is 26.0 Å². The molecule has 8 heteroatoms. The minimum absolute atomic E-state index is 0.140. The highest BCUT2D eigenvalue weighted by atomic mass is 19.1. The maximum Gasteiger partial charge on any atom is 0.251 e. The number of hydrogen-bond acceptors (Lipinski definition) is 5. The van der Waals surface area contributed by atoms with Crippen molar-refractivity contribution in [2.75, 3.05) is 33.5 Å². The number of aromatic nitrogens is 1. The third kappa shape index (κ3) is 4.62. The van der Waals surface area contributed by atoms with Gasteiger partial charge in [0.2, 0.25) is 0 Å². The summed E-state index contributed by atoms with van der Waals surface area (Å²) in [7, 11) is 1.69. The molecular weight excluding hydrogens is 509 g/mol. The first-order chi connectivity index (χ1) is 19.2. The number of nitrogens with zero attached hydrogens (tertiary/aromatic N) is 2. The molecule has 2 aliphatic heterocycles. The van der Waals surface area contributed by atoms with Crippen LogP contribution in [0.3, 0.4) is 0 Å². The van der Waals surface area contributed by atoms with Crippen molar-refractivity contribution in [1.29, 1.82) is 0 Å². The number of amides is 1. The predicted molar refractivity (Wildman–Crippen MR) is 153 cm³/mol. The fourth-order valence-corrected chi connectivity index (χ4v) is 5.69. The summed E-state index contributed by atoms with van der Waals surface area (Å²) in [6.07, 6.45) is 1.90. The summed E-state index contributed by atoms with van der Waals surface area (Å²) in [5.74, 6) is -0.549. The lowest BCUT2D eigenvalue weighted by Gasteiger charge is -2.36. The smallest absolute Gasteiger partial charge is 0.251 e. The lowest BCUT2D eigenvalue weighted by molar-refractivity contribution is -0.173. The molecule has 3 aromatic carbocycles. The number of aliphatic imine (C=N–C) groups is 1. The van der Waals surface area contributed by atoms with Gasteiger partial charge >= 0.3 is 0 Å². The van der Waals surface area contributed by atoms with Crippen molar-refractivity contribution >= 4 is 23.0 Å². The van der Waals surface area contributed by atoms with Crippen LogP contribution >= 0.6 is 0 Å². The molecule has 0 radical (unpaired) electrons. The van der Waals surface area contributed by atoms with E-state index in [1.165, 1.54) is 12.1 Å². The van der Waals surface area contributed by atoms with Crippen LogP contribution in [0.25, 0.3) is 27.7 Å². The van der Waals surface area contributed by atoms with E-state index < -0.39 is 11.0 Å². The molecule has 1 aromatic heterocycles. The number of carbonyl (C=O) groups is 1. The van der Waals surface area contributed by atoms with Crippen LogP contribution in [0.15, 0.2) is 65.7 Å². The van der Waals surface area contributed by atoms with Crippen molar-refractivity contribution in [3.63, 3.8) is 0 Å². The molecule has 1 saturated heterocycles. The van der Waals surface area contributed by atoms with Gasteiger partial charge in [-0.3, -0.25) is 9.79 Å². The third-order valence-corrected chi connectivity index (χ3v) is 7.71. The zero-order valence-electron chi connectivity index (χ0n) is 22.8. The Hall–Kier alpha value is -3.85. The number of rotatable bonds is 8. The fourth-order valence-electron chi connectivity index (χ4n) is 5.69. The van der Waals surface area contributed by atoms with E-state index in [0.717, 1.165) is 44.5 Å². The maximum absolute atomic E-state index is 14.0. The summed E-state index contributed by atoms with van der Waals surface area (Å²) in [5.41, 5.74) is 6.15. The average molecular weight is 542 g/mol. The van der Waals surface area contributed by atoms with Crippen LogP contribution < -0.4 is 5.32 Å². The monoisotopic (exact) mass is 541 g/mol. The van der Waals surface area contributed by atoms with E-state index in [1.807, 2.05) is 18.3 Å². The molecule has 0 bridgehead atoms. The van der Waals surface area contributed by atoms with Crippen LogP contribution in [-0.4, -0.2) is 60.9 Å². The van der Waals surface area contributed by atoms with Gasteiger partial charge in [0.25, 0.3) is 5.91 Å². The normalized spacial score (nSPS) is 15.7. The van der Waals surface area contributed by atoms with E-state index in [9.17, 15) is 14.3 Å². The van der Waals surface area contributed by atoms with Gasteiger partial charge in [0, 0.05) is 46.6 Å². The molecule has 0 aliphatic carbocycles. The lowest BCUT2D eigenvalue weighted by atomic mass is 9.84. The Morgan fingerprint density at radius 2 is 1.88 bits per heavy atom. The van der Waals surface area contributed by atoms with Gasteiger partial charge in [-0.2, -0.15) is 0 Å². The number of hydrogen-bond donors (Lipinski definition) is 2. The Morgan fingerprint density at radius 1 is 1.15 bits per heavy atom. The molecule has 2 aliphatic rings. The predicted octanol–water partition coefficient (Wildman–Crippen LogP) is 4.78. The number of methoxy groups -OCH3 is 1. The molecule has 0 atom stereocenters. The van der Waals surface area contributed by atoms with Gasteiger partial charge in [-0.25, -0.2) is 4.39 Å². The Kier molecular flexibility index (Phi) is 6.57. The van der Waals surface area contributed by atoms with Crippen LogP contribution in [0.1, 0.15) is 41.0 Å². The van der Waals surface area contributed by atoms with Crippen molar-refractivity contribution in [3.05, 3.63) is 88.9 Å². The molecule has 0 saturated carbocycles. The van der Waals surface area contributed by atoms with E-state index >= 15 is 0 Å². The lowest BCUT2D eigenvalue weighted by Crippen LogP contribution is -2.56. The molecule has 1 fully saturated rings. The van der Waals surface area contributed by atoms with Crippen molar-refractivity contribution in [2.45, 2.75) is 31.4 Å². The van der Waals surface area contributed by atoms with E-state index in [4.69, 9.17) is 9.47 Å². The van der Waals surface area contributed by atoms with Crippen LogP contribution in [0.2, 0.25) is 0 Å². The van der Waals surface area contributed by atoms with E-state index in [0.29, 0.717) is 18.7 Å². The third-order valence-electron chi connectivity index (χ3n) is 7.71. The number of carbonyl (C=O) groups excluding carboxylic acids is 1.